The smallest absolute Gasteiger partial charge is 0.407 e. The van der Waals surface area contributed by atoms with E-state index in [0.29, 0.717) is 5.69 Å². The molecule has 0 aliphatic heterocycles. The van der Waals surface area contributed by atoms with Gasteiger partial charge in [0.1, 0.15) is 19.0 Å². The molecule has 0 bridgehead atoms. The summed E-state index contributed by atoms with van der Waals surface area (Å²) in [6, 6.07) is 12.9. The molecule has 0 aliphatic carbocycles. The maximum atomic E-state index is 13.0. The summed E-state index contributed by atoms with van der Waals surface area (Å²) < 4.78 is 18.0. The number of halogens is 2. The lowest BCUT2D eigenvalue weighted by Crippen LogP contribution is -2.33. The molecule has 7 heteroatoms. The lowest BCUT2D eigenvalue weighted by Gasteiger charge is -2.08. The summed E-state index contributed by atoms with van der Waals surface area (Å²) in [5, 5.41) is 4.70. The molecule has 0 aromatic heterocycles. The molecule has 2 rings (SSSR count). The fourth-order valence-corrected chi connectivity index (χ4v) is 1.89. The molecule has 0 radical (unpaired) electrons. The van der Waals surface area contributed by atoms with Crippen LogP contribution in [-0.4, -0.2) is 18.5 Å². The molecule has 0 atom stereocenters. The lowest BCUT2D eigenvalue weighted by molar-refractivity contribution is -0.115. The Balaban J connectivity index is 1.73. The quantitative estimate of drug-likeness (QED) is 0.880. The van der Waals surface area contributed by atoms with E-state index in [4.69, 9.17) is 16.3 Å². The zero-order valence-corrected chi connectivity index (χ0v) is 12.8. The van der Waals surface area contributed by atoms with Crippen molar-refractivity contribution in [3.8, 4) is 0 Å². The molecule has 0 unspecified atom stereocenters. The van der Waals surface area contributed by atoms with Crippen molar-refractivity contribution in [3.63, 3.8) is 0 Å². The van der Waals surface area contributed by atoms with E-state index < -0.39 is 17.8 Å². The Morgan fingerprint density at radius 2 is 1.87 bits per heavy atom. The highest BCUT2D eigenvalue weighted by Crippen LogP contribution is 2.19. The van der Waals surface area contributed by atoms with Crippen LogP contribution in [0.15, 0.2) is 48.5 Å². The molecule has 5 nitrogen and oxygen atoms in total. The number of alkyl carbamates (subject to hydrolysis) is 1. The Kier molecular flexibility index (Phi) is 5.94. The maximum Gasteiger partial charge on any atom is 0.407 e. The number of carbonyl (C=O) groups excluding carboxylic acids is 2. The predicted octanol–water partition coefficient (Wildman–Crippen LogP) is 3.34. The summed E-state index contributed by atoms with van der Waals surface area (Å²) in [6.45, 7) is -0.162. The Hall–Kier alpha value is -2.60. The minimum absolute atomic E-state index is 0.0990. The molecule has 0 aliphatic rings. The fraction of sp³-hybridized carbons (Fsp3) is 0.125. The molecular weight excluding hydrogens is 323 g/mol. The standard InChI is InChI=1S/C16H14ClFN2O3/c17-13-8-12(6-7-14(13)18)20-15(21)9-19-16(22)23-10-11-4-2-1-3-5-11/h1-8H,9-10H2,(H,19,22)(H,20,21). The van der Waals surface area contributed by atoms with E-state index in [9.17, 15) is 14.0 Å². The van der Waals surface area contributed by atoms with Gasteiger partial charge in [-0.15, -0.1) is 0 Å². The normalized spacial score (nSPS) is 10.0. The first-order valence-electron chi connectivity index (χ1n) is 6.74. The number of benzene rings is 2. The molecule has 0 heterocycles. The van der Waals surface area contributed by atoms with Gasteiger partial charge in [0.25, 0.3) is 0 Å². The van der Waals surface area contributed by atoms with Gasteiger partial charge in [-0.05, 0) is 23.8 Å². The van der Waals surface area contributed by atoms with Crippen molar-refractivity contribution >= 4 is 29.3 Å². The van der Waals surface area contributed by atoms with Gasteiger partial charge in [0, 0.05) is 5.69 Å². The van der Waals surface area contributed by atoms with Crippen molar-refractivity contribution in [2.75, 3.05) is 11.9 Å². The topological polar surface area (TPSA) is 67.4 Å². The van der Waals surface area contributed by atoms with Crippen LogP contribution >= 0.6 is 11.6 Å². The third-order valence-corrected chi connectivity index (χ3v) is 3.10. The molecule has 2 aromatic carbocycles. The zero-order valence-electron chi connectivity index (χ0n) is 12.0. The van der Waals surface area contributed by atoms with Gasteiger partial charge in [-0.3, -0.25) is 4.79 Å². The monoisotopic (exact) mass is 336 g/mol. The highest BCUT2D eigenvalue weighted by molar-refractivity contribution is 6.31. The summed E-state index contributed by atoms with van der Waals surface area (Å²) in [5.41, 5.74) is 1.17. The molecule has 2 amide bonds. The zero-order chi connectivity index (χ0) is 16.7. The van der Waals surface area contributed by atoms with Crippen LogP contribution in [0.1, 0.15) is 5.56 Å². The lowest BCUT2D eigenvalue weighted by atomic mass is 10.2. The van der Waals surface area contributed by atoms with Crippen LogP contribution in [0.4, 0.5) is 14.9 Å². The minimum Gasteiger partial charge on any atom is -0.445 e. The molecule has 23 heavy (non-hydrogen) atoms. The van der Waals surface area contributed by atoms with Gasteiger partial charge in [0.05, 0.1) is 5.02 Å². The largest absolute Gasteiger partial charge is 0.445 e. The van der Waals surface area contributed by atoms with Crippen LogP contribution in [0.3, 0.4) is 0 Å². The molecular formula is C16H14ClFN2O3. The summed E-state index contributed by atoms with van der Waals surface area (Å²) >= 11 is 5.61. The van der Waals surface area contributed by atoms with Gasteiger partial charge < -0.3 is 15.4 Å². The van der Waals surface area contributed by atoms with E-state index in [0.717, 1.165) is 11.6 Å². The number of rotatable bonds is 5. The fourth-order valence-electron chi connectivity index (χ4n) is 1.71. The average Bonchev–Trinajstić information content (AvgIpc) is 2.55. The van der Waals surface area contributed by atoms with Crippen molar-refractivity contribution in [2.45, 2.75) is 6.61 Å². The number of amides is 2. The van der Waals surface area contributed by atoms with Crippen molar-refractivity contribution in [3.05, 3.63) is 64.9 Å². The van der Waals surface area contributed by atoms with E-state index in [2.05, 4.69) is 10.6 Å². The summed E-state index contributed by atoms with van der Waals surface area (Å²) in [4.78, 5) is 23.2. The van der Waals surface area contributed by atoms with Crippen LogP contribution in [0.25, 0.3) is 0 Å². The molecule has 0 saturated heterocycles. The highest BCUT2D eigenvalue weighted by Gasteiger charge is 2.08. The minimum atomic E-state index is -0.707. The maximum absolute atomic E-state index is 13.0. The van der Waals surface area contributed by atoms with E-state index in [-0.39, 0.29) is 18.2 Å². The van der Waals surface area contributed by atoms with Crippen LogP contribution in [0.2, 0.25) is 5.02 Å². The van der Waals surface area contributed by atoms with Crippen LogP contribution < -0.4 is 10.6 Å². The second kappa shape index (κ2) is 8.14. The van der Waals surface area contributed by atoms with E-state index in [1.807, 2.05) is 30.3 Å². The second-order valence-electron chi connectivity index (χ2n) is 4.59. The van der Waals surface area contributed by atoms with Gasteiger partial charge in [-0.1, -0.05) is 41.9 Å². The number of carbonyl (C=O) groups is 2. The number of ether oxygens (including phenoxy) is 1. The Morgan fingerprint density at radius 1 is 1.13 bits per heavy atom. The van der Waals surface area contributed by atoms with Crippen molar-refractivity contribution in [1.82, 2.24) is 5.32 Å². The number of hydrogen-bond donors (Lipinski definition) is 2. The van der Waals surface area contributed by atoms with Gasteiger partial charge in [-0.25, -0.2) is 9.18 Å². The van der Waals surface area contributed by atoms with Gasteiger partial charge >= 0.3 is 6.09 Å². The number of hydrogen-bond acceptors (Lipinski definition) is 3. The average molecular weight is 337 g/mol. The Labute approximate surface area is 137 Å². The summed E-state index contributed by atoms with van der Waals surface area (Å²) in [7, 11) is 0. The van der Waals surface area contributed by atoms with E-state index >= 15 is 0 Å². The molecule has 120 valence electrons. The first kappa shape index (κ1) is 16.8. The van der Waals surface area contributed by atoms with Gasteiger partial charge in [0.2, 0.25) is 5.91 Å². The first-order valence-corrected chi connectivity index (χ1v) is 7.12. The SMILES string of the molecule is O=C(CNC(=O)OCc1ccccc1)Nc1ccc(F)c(Cl)c1. The molecule has 0 saturated carbocycles. The summed E-state index contributed by atoms with van der Waals surface area (Å²) in [5.74, 6) is -1.06. The molecule has 0 spiro atoms. The molecule has 2 N–H and O–H groups in total. The Bertz CT molecular complexity index is 695. The first-order chi connectivity index (χ1) is 11.0. The third kappa shape index (κ3) is 5.60. The van der Waals surface area contributed by atoms with Gasteiger partial charge in [-0.2, -0.15) is 0 Å². The molecule has 2 aromatic rings. The predicted molar refractivity (Wildman–Crippen MR) is 84.7 cm³/mol. The molecule has 0 fully saturated rings. The second-order valence-corrected chi connectivity index (χ2v) is 5.00. The van der Waals surface area contributed by atoms with Crippen molar-refractivity contribution in [2.24, 2.45) is 0 Å². The van der Waals surface area contributed by atoms with Crippen LogP contribution in [0, 0.1) is 5.82 Å². The van der Waals surface area contributed by atoms with Gasteiger partial charge in [0.15, 0.2) is 0 Å². The van der Waals surface area contributed by atoms with Crippen LogP contribution in [-0.2, 0) is 16.1 Å². The van der Waals surface area contributed by atoms with Crippen molar-refractivity contribution < 1.29 is 18.7 Å². The van der Waals surface area contributed by atoms with Crippen LogP contribution in [0.5, 0.6) is 0 Å². The number of anilines is 1. The number of nitrogens with one attached hydrogen (secondary N) is 2. The Morgan fingerprint density at radius 3 is 2.57 bits per heavy atom. The van der Waals surface area contributed by atoms with E-state index in [1.54, 1.807) is 0 Å². The van der Waals surface area contributed by atoms with Crippen molar-refractivity contribution in [1.29, 1.82) is 0 Å². The third-order valence-electron chi connectivity index (χ3n) is 2.81. The summed E-state index contributed by atoms with van der Waals surface area (Å²) in [6.07, 6.45) is -0.707. The highest BCUT2D eigenvalue weighted by atomic mass is 35.5. The van der Waals surface area contributed by atoms with E-state index in [1.165, 1.54) is 12.1 Å².